The van der Waals surface area contributed by atoms with Crippen molar-refractivity contribution >= 4 is 23.0 Å². The number of nitrogens with one attached hydrogen (secondary N) is 2. The lowest BCUT2D eigenvalue weighted by Gasteiger charge is -2.11. The summed E-state index contributed by atoms with van der Waals surface area (Å²) in [5, 5.41) is 5.63. The van der Waals surface area contributed by atoms with Crippen LogP contribution in [-0.2, 0) is 0 Å². The molecule has 132 valence electrons. The van der Waals surface area contributed by atoms with Gasteiger partial charge in [-0.05, 0) is 49.7 Å². The summed E-state index contributed by atoms with van der Waals surface area (Å²) in [6.07, 6.45) is 1.45. The zero-order valence-electron chi connectivity index (χ0n) is 14.3. The Hall–Kier alpha value is -3.28. The second kappa shape index (κ2) is 7.31. The summed E-state index contributed by atoms with van der Waals surface area (Å²) < 4.78 is 26.8. The lowest BCUT2D eigenvalue weighted by molar-refractivity contribution is 0.102. The van der Waals surface area contributed by atoms with Crippen molar-refractivity contribution in [2.75, 3.05) is 10.6 Å². The molecule has 0 aliphatic carbocycles. The Morgan fingerprint density at radius 1 is 0.962 bits per heavy atom. The van der Waals surface area contributed by atoms with Crippen LogP contribution in [0.5, 0.6) is 0 Å². The van der Waals surface area contributed by atoms with E-state index in [9.17, 15) is 13.6 Å². The fourth-order valence-electron chi connectivity index (χ4n) is 2.52. The molecule has 3 aromatic rings. The first kappa shape index (κ1) is 17.5. The lowest BCUT2D eigenvalue weighted by Crippen LogP contribution is -2.14. The van der Waals surface area contributed by atoms with Crippen LogP contribution in [0.1, 0.15) is 21.6 Å². The van der Waals surface area contributed by atoms with Crippen LogP contribution in [0.15, 0.2) is 54.7 Å². The Morgan fingerprint density at radius 2 is 1.73 bits per heavy atom. The van der Waals surface area contributed by atoms with Gasteiger partial charge in [0.15, 0.2) is 0 Å². The standard InChI is InChI=1S/C20H17F2N3O/c1-12-3-5-17(13(2)9-12)25-20(26)19-11-15(7-8-23-19)24-18-6-4-14(21)10-16(18)22/h3-11H,1-2H3,(H,23,24)(H,25,26). The molecule has 0 spiro atoms. The highest BCUT2D eigenvalue weighted by atomic mass is 19.1. The number of pyridine rings is 1. The monoisotopic (exact) mass is 353 g/mol. The fraction of sp³-hybridized carbons (Fsp3) is 0.100. The first-order chi connectivity index (χ1) is 12.4. The van der Waals surface area contributed by atoms with Crippen LogP contribution in [-0.4, -0.2) is 10.9 Å². The molecule has 3 rings (SSSR count). The van der Waals surface area contributed by atoms with E-state index in [0.717, 1.165) is 23.3 Å². The maximum Gasteiger partial charge on any atom is 0.274 e. The van der Waals surface area contributed by atoms with E-state index in [-0.39, 0.29) is 17.3 Å². The predicted octanol–water partition coefficient (Wildman–Crippen LogP) is 4.97. The molecule has 2 aromatic carbocycles. The first-order valence-electron chi connectivity index (χ1n) is 7.99. The Morgan fingerprint density at radius 3 is 2.46 bits per heavy atom. The van der Waals surface area contributed by atoms with Crippen molar-refractivity contribution in [3.05, 3.63) is 83.2 Å². The Bertz CT molecular complexity index is 973. The van der Waals surface area contributed by atoms with Gasteiger partial charge >= 0.3 is 0 Å². The van der Waals surface area contributed by atoms with Gasteiger partial charge in [-0.3, -0.25) is 9.78 Å². The summed E-state index contributed by atoms with van der Waals surface area (Å²) in [7, 11) is 0. The highest BCUT2D eigenvalue weighted by Gasteiger charge is 2.11. The molecule has 0 fully saturated rings. The zero-order valence-corrected chi connectivity index (χ0v) is 14.3. The lowest BCUT2D eigenvalue weighted by atomic mass is 10.1. The Labute approximate surface area is 149 Å². The zero-order chi connectivity index (χ0) is 18.7. The predicted molar refractivity (Wildman–Crippen MR) is 97.7 cm³/mol. The van der Waals surface area contributed by atoms with Crippen LogP contribution in [0.25, 0.3) is 0 Å². The van der Waals surface area contributed by atoms with Crippen molar-refractivity contribution in [3.8, 4) is 0 Å². The maximum atomic E-state index is 13.8. The number of amides is 1. The summed E-state index contributed by atoms with van der Waals surface area (Å²) in [5.74, 6) is -1.75. The van der Waals surface area contributed by atoms with Crippen molar-refractivity contribution in [1.82, 2.24) is 4.98 Å². The van der Waals surface area contributed by atoms with Crippen molar-refractivity contribution in [2.45, 2.75) is 13.8 Å². The number of carbonyl (C=O) groups is 1. The third-order valence-electron chi connectivity index (χ3n) is 3.83. The molecular weight excluding hydrogens is 336 g/mol. The SMILES string of the molecule is Cc1ccc(NC(=O)c2cc(Nc3ccc(F)cc3F)ccn2)c(C)c1. The molecular formula is C20H17F2N3O. The summed E-state index contributed by atoms with van der Waals surface area (Å²) in [6, 6.07) is 12.0. The van der Waals surface area contributed by atoms with E-state index in [1.165, 1.54) is 18.3 Å². The smallest absolute Gasteiger partial charge is 0.274 e. The Kier molecular flexibility index (Phi) is 4.93. The molecule has 1 amide bonds. The van der Waals surface area contributed by atoms with Crippen LogP contribution >= 0.6 is 0 Å². The van der Waals surface area contributed by atoms with Gasteiger partial charge in [-0.1, -0.05) is 17.7 Å². The molecule has 0 aliphatic rings. The number of halogens is 2. The first-order valence-corrected chi connectivity index (χ1v) is 7.99. The third kappa shape index (κ3) is 4.03. The quantitative estimate of drug-likeness (QED) is 0.696. The average Bonchev–Trinajstić information content (AvgIpc) is 2.60. The van der Waals surface area contributed by atoms with E-state index in [1.807, 2.05) is 32.0 Å². The van der Waals surface area contributed by atoms with Gasteiger partial charge in [-0.2, -0.15) is 0 Å². The molecule has 0 aliphatic heterocycles. The highest BCUT2D eigenvalue weighted by molar-refractivity contribution is 6.03. The van der Waals surface area contributed by atoms with Gasteiger partial charge in [-0.25, -0.2) is 8.78 Å². The number of aryl methyl sites for hydroxylation is 2. The maximum absolute atomic E-state index is 13.8. The molecule has 2 N–H and O–H groups in total. The van der Waals surface area contributed by atoms with Crippen molar-refractivity contribution in [3.63, 3.8) is 0 Å². The molecule has 6 heteroatoms. The van der Waals surface area contributed by atoms with E-state index in [1.54, 1.807) is 6.07 Å². The number of hydrogen-bond donors (Lipinski definition) is 2. The van der Waals surface area contributed by atoms with Crippen LogP contribution in [0.3, 0.4) is 0 Å². The van der Waals surface area contributed by atoms with Crippen LogP contribution in [0, 0.1) is 25.5 Å². The number of benzene rings is 2. The number of aromatic nitrogens is 1. The van der Waals surface area contributed by atoms with E-state index >= 15 is 0 Å². The second-order valence-corrected chi connectivity index (χ2v) is 5.95. The van der Waals surface area contributed by atoms with Crippen LogP contribution < -0.4 is 10.6 Å². The number of nitrogens with zero attached hydrogens (tertiary/aromatic N) is 1. The highest BCUT2D eigenvalue weighted by Crippen LogP contribution is 2.22. The molecule has 0 unspecified atom stereocenters. The molecule has 4 nitrogen and oxygen atoms in total. The summed E-state index contributed by atoms with van der Waals surface area (Å²) in [5.41, 5.74) is 3.50. The normalized spacial score (nSPS) is 10.5. The van der Waals surface area contributed by atoms with Crippen LogP contribution in [0.4, 0.5) is 25.8 Å². The summed E-state index contributed by atoms with van der Waals surface area (Å²) in [4.78, 5) is 16.5. The number of rotatable bonds is 4. The number of carbonyl (C=O) groups excluding carboxylic acids is 1. The number of anilines is 3. The van der Waals surface area contributed by atoms with Gasteiger partial charge in [0.05, 0.1) is 5.69 Å². The minimum absolute atomic E-state index is 0.110. The van der Waals surface area contributed by atoms with Gasteiger partial charge in [0.1, 0.15) is 17.3 Å². The van der Waals surface area contributed by atoms with Gasteiger partial charge in [0.2, 0.25) is 0 Å². The van der Waals surface area contributed by atoms with Gasteiger partial charge in [0.25, 0.3) is 5.91 Å². The van der Waals surface area contributed by atoms with Crippen LogP contribution in [0.2, 0.25) is 0 Å². The molecule has 1 heterocycles. The van der Waals surface area contributed by atoms with Gasteiger partial charge in [0, 0.05) is 23.6 Å². The Balaban J connectivity index is 1.79. The van der Waals surface area contributed by atoms with Crippen molar-refractivity contribution < 1.29 is 13.6 Å². The largest absolute Gasteiger partial charge is 0.353 e. The number of hydrogen-bond acceptors (Lipinski definition) is 3. The van der Waals surface area contributed by atoms with Crippen molar-refractivity contribution in [1.29, 1.82) is 0 Å². The summed E-state index contributed by atoms with van der Waals surface area (Å²) in [6.45, 7) is 3.88. The molecule has 0 atom stereocenters. The molecule has 1 aromatic heterocycles. The average molecular weight is 353 g/mol. The molecule has 26 heavy (non-hydrogen) atoms. The molecule has 0 saturated carbocycles. The molecule has 0 saturated heterocycles. The van der Waals surface area contributed by atoms with Gasteiger partial charge in [-0.15, -0.1) is 0 Å². The van der Waals surface area contributed by atoms with Crippen molar-refractivity contribution in [2.24, 2.45) is 0 Å². The van der Waals surface area contributed by atoms with E-state index in [2.05, 4.69) is 15.6 Å². The van der Waals surface area contributed by atoms with E-state index < -0.39 is 11.6 Å². The second-order valence-electron chi connectivity index (χ2n) is 5.95. The molecule has 0 radical (unpaired) electrons. The van der Waals surface area contributed by atoms with E-state index in [0.29, 0.717) is 11.4 Å². The minimum atomic E-state index is -0.719. The minimum Gasteiger partial charge on any atom is -0.353 e. The van der Waals surface area contributed by atoms with Gasteiger partial charge < -0.3 is 10.6 Å². The topological polar surface area (TPSA) is 54.0 Å². The van der Waals surface area contributed by atoms with E-state index in [4.69, 9.17) is 0 Å². The third-order valence-corrected chi connectivity index (χ3v) is 3.83. The summed E-state index contributed by atoms with van der Waals surface area (Å²) >= 11 is 0. The fourth-order valence-corrected chi connectivity index (χ4v) is 2.52. The molecule has 0 bridgehead atoms.